The molecule has 0 bridgehead atoms. The Bertz CT molecular complexity index is 1240. The Morgan fingerprint density at radius 2 is 1.78 bits per heavy atom. The van der Waals surface area contributed by atoms with Gasteiger partial charge < -0.3 is 14.5 Å². The van der Waals surface area contributed by atoms with Crippen LogP contribution >= 0.6 is 0 Å². The maximum Gasteiger partial charge on any atom is 0.437 e. The van der Waals surface area contributed by atoms with Crippen molar-refractivity contribution in [3.05, 3.63) is 106 Å². The predicted octanol–water partition coefficient (Wildman–Crippen LogP) is 3.71. The Kier molecular flexibility index (Phi) is 6.46. The molecule has 0 aliphatic rings. The van der Waals surface area contributed by atoms with E-state index in [2.05, 4.69) is 16.5 Å². The Morgan fingerprint density at radius 1 is 1.00 bits per heavy atom. The Hall–Kier alpha value is -4.13. The van der Waals surface area contributed by atoms with Gasteiger partial charge in [0.1, 0.15) is 18.9 Å². The third kappa shape index (κ3) is 5.51. The zero-order valence-corrected chi connectivity index (χ0v) is 17.7. The fourth-order valence-corrected chi connectivity index (χ4v) is 3.17. The maximum atomic E-state index is 12.3. The molecule has 7 nitrogen and oxygen atoms in total. The van der Waals surface area contributed by atoms with E-state index in [1.807, 2.05) is 67.6 Å². The Morgan fingerprint density at radius 3 is 2.53 bits per heavy atom. The topological polar surface area (TPSA) is 86.4 Å². The number of carbonyl (C=O) groups is 1. The largest absolute Gasteiger partial charge is 0.489 e. The van der Waals surface area contributed by atoms with Crippen LogP contribution in [0.3, 0.4) is 0 Å². The van der Waals surface area contributed by atoms with Crippen molar-refractivity contribution in [2.24, 2.45) is 0 Å². The van der Waals surface area contributed by atoms with Crippen molar-refractivity contribution in [1.82, 2.24) is 15.1 Å². The smallest absolute Gasteiger partial charge is 0.437 e. The molecule has 0 spiro atoms. The molecule has 1 amide bonds. The summed E-state index contributed by atoms with van der Waals surface area (Å²) in [6, 6.07) is 24.7. The lowest BCUT2D eigenvalue weighted by Crippen LogP contribution is -2.31. The van der Waals surface area contributed by atoms with Gasteiger partial charge in [0.2, 0.25) is 11.8 Å². The molecule has 0 saturated heterocycles. The van der Waals surface area contributed by atoms with Crippen molar-refractivity contribution >= 4 is 5.91 Å². The summed E-state index contributed by atoms with van der Waals surface area (Å²) in [4.78, 5) is 24.2. The second kappa shape index (κ2) is 9.78. The zero-order chi connectivity index (χ0) is 22.3. The summed E-state index contributed by atoms with van der Waals surface area (Å²) in [5.41, 5.74) is 3.90. The fraction of sp³-hybridized carbons (Fsp3) is 0.160. The third-order valence-corrected chi connectivity index (χ3v) is 4.82. The molecule has 3 aromatic carbocycles. The minimum atomic E-state index is -0.672. The molecule has 162 valence electrons. The summed E-state index contributed by atoms with van der Waals surface area (Å²) >= 11 is 0. The maximum absolute atomic E-state index is 12.3. The van der Waals surface area contributed by atoms with E-state index in [0.29, 0.717) is 18.7 Å². The summed E-state index contributed by atoms with van der Waals surface area (Å²) < 4.78 is 12.0. The number of hydrogen-bond acceptors (Lipinski definition) is 5. The molecule has 1 aromatic heterocycles. The normalized spacial score (nSPS) is 10.7. The van der Waals surface area contributed by atoms with Crippen molar-refractivity contribution in [3.63, 3.8) is 0 Å². The minimum absolute atomic E-state index is 0.185. The van der Waals surface area contributed by atoms with Crippen LogP contribution in [-0.4, -0.2) is 15.7 Å². The molecule has 0 saturated carbocycles. The zero-order valence-electron chi connectivity index (χ0n) is 17.7. The monoisotopic (exact) mass is 429 g/mol. The molecule has 0 unspecified atom stereocenters. The average Bonchev–Trinajstić information content (AvgIpc) is 3.18. The highest BCUT2D eigenvalue weighted by molar-refractivity contribution is 5.75. The quantitative estimate of drug-likeness (QED) is 0.462. The molecule has 4 aromatic rings. The number of aromatic nitrogens is 2. The van der Waals surface area contributed by atoms with Gasteiger partial charge in [-0.25, -0.2) is 4.79 Å². The molecular formula is C25H23N3O4. The van der Waals surface area contributed by atoms with Crippen molar-refractivity contribution in [2.75, 3.05) is 0 Å². The number of nitrogens with one attached hydrogen (secondary N) is 1. The number of carbonyl (C=O) groups excluding carboxylic acids is 1. The van der Waals surface area contributed by atoms with Crippen molar-refractivity contribution < 1.29 is 13.9 Å². The van der Waals surface area contributed by atoms with Gasteiger partial charge in [-0.3, -0.25) is 4.79 Å². The van der Waals surface area contributed by atoms with E-state index in [9.17, 15) is 9.59 Å². The van der Waals surface area contributed by atoms with Gasteiger partial charge in [0.25, 0.3) is 0 Å². The average molecular weight is 429 g/mol. The summed E-state index contributed by atoms with van der Waals surface area (Å²) in [5, 5.41) is 6.88. The van der Waals surface area contributed by atoms with Crippen LogP contribution in [0.1, 0.15) is 16.7 Å². The summed E-state index contributed by atoms with van der Waals surface area (Å²) in [7, 11) is 0. The van der Waals surface area contributed by atoms with Gasteiger partial charge in [0, 0.05) is 12.1 Å². The molecule has 1 N–H and O–H groups in total. The van der Waals surface area contributed by atoms with E-state index >= 15 is 0 Å². The van der Waals surface area contributed by atoms with Crippen LogP contribution < -0.4 is 15.8 Å². The van der Waals surface area contributed by atoms with Gasteiger partial charge in [-0.15, -0.1) is 5.10 Å². The first-order chi connectivity index (χ1) is 15.6. The van der Waals surface area contributed by atoms with Gasteiger partial charge in [-0.2, -0.15) is 4.68 Å². The van der Waals surface area contributed by atoms with E-state index in [1.54, 1.807) is 12.1 Å². The number of amides is 1. The van der Waals surface area contributed by atoms with Gasteiger partial charge in [0.15, 0.2) is 0 Å². The number of rotatable bonds is 8. The molecule has 4 rings (SSSR count). The molecule has 0 aliphatic carbocycles. The van der Waals surface area contributed by atoms with Crippen molar-refractivity contribution in [2.45, 2.75) is 26.6 Å². The van der Waals surface area contributed by atoms with Crippen LogP contribution in [0.4, 0.5) is 0 Å². The molecular weight excluding hydrogens is 406 g/mol. The third-order valence-electron chi connectivity index (χ3n) is 4.82. The lowest BCUT2D eigenvalue weighted by atomic mass is 10.1. The van der Waals surface area contributed by atoms with E-state index < -0.39 is 5.76 Å². The molecule has 7 heteroatoms. The number of aryl methyl sites for hydroxylation is 1. The highest BCUT2D eigenvalue weighted by atomic mass is 16.5. The molecule has 0 radical (unpaired) electrons. The molecule has 0 atom stereocenters. The molecule has 32 heavy (non-hydrogen) atoms. The summed E-state index contributed by atoms with van der Waals surface area (Å²) in [6.07, 6.45) is 0. The van der Waals surface area contributed by atoms with Crippen LogP contribution in [0.15, 0.2) is 88.1 Å². The minimum Gasteiger partial charge on any atom is -0.489 e. The standard InChI is InChI=1S/C25H23N3O4/c1-18-6-5-7-20(14-18)17-31-22-12-10-19(11-13-22)15-26-23(29)16-28-25(30)32-24(27-28)21-8-3-2-4-9-21/h2-14H,15-17H2,1H3,(H,26,29). The van der Waals surface area contributed by atoms with Crippen LogP contribution in [0.2, 0.25) is 0 Å². The van der Waals surface area contributed by atoms with E-state index in [0.717, 1.165) is 21.6 Å². The first kappa shape index (κ1) is 21.1. The predicted molar refractivity (Wildman–Crippen MR) is 120 cm³/mol. The van der Waals surface area contributed by atoms with Gasteiger partial charge in [-0.05, 0) is 42.3 Å². The summed E-state index contributed by atoms with van der Waals surface area (Å²) in [6.45, 7) is 2.66. The van der Waals surface area contributed by atoms with Gasteiger partial charge >= 0.3 is 5.76 Å². The van der Waals surface area contributed by atoms with Gasteiger partial charge in [-0.1, -0.05) is 60.2 Å². The van der Waals surface area contributed by atoms with Crippen LogP contribution in [0.25, 0.3) is 11.5 Å². The highest BCUT2D eigenvalue weighted by Gasteiger charge is 2.13. The number of nitrogens with zero attached hydrogens (tertiary/aromatic N) is 2. The van der Waals surface area contributed by atoms with Gasteiger partial charge in [0.05, 0.1) is 0 Å². The number of ether oxygens (including phenoxy) is 1. The Labute approximate surface area is 185 Å². The van der Waals surface area contributed by atoms with Crippen LogP contribution in [-0.2, 0) is 24.5 Å². The SMILES string of the molecule is Cc1cccc(COc2ccc(CNC(=O)Cn3nc(-c4ccccc4)oc3=O)cc2)c1. The lowest BCUT2D eigenvalue weighted by molar-refractivity contribution is -0.122. The first-order valence-electron chi connectivity index (χ1n) is 10.2. The number of hydrogen-bond donors (Lipinski definition) is 1. The lowest BCUT2D eigenvalue weighted by Gasteiger charge is -2.09. The van der Waals surface area contributed by atoms with Crippen molar-refractivity contribution in [3.8, 4) is 17.2 Å². The highest BCUT2D eigenvalue weighted by Crippen LogP contribution is 2.15. The number of benzene rings is 3. The summed E-state index contributed by atoms with van der Waals surface area (Å²) in [5.74, 6) is -0.0669. The first-order valence-corrected chi connectivity index (χ1v) is 10.2. The second-order valence-corrected chi connectivity index (χ2v) is 7.40. The Balaban J connectivity index is 1.28. The molecule has 0 fully saturated rings. The van der Waals surface area contributed by atoms with E-state index in [4.69, 9.17) is 9.15 Å². The van der Waals surface area contributed by atoms with E-state index in [-0.39, 0.29) is 18.3 Å². The molecule has 0 aliphatic heterocycles. The fourth-order valence-electron chi connectivity index (χ4n) is 3.17. The van der Waals surface area contributed by atoms with Crippen LogP contribution in [0.5, 0.6) is 5.75 Å². The van der Waals surface area contributed by atoms with Crippen LogP contribution in [0, 0.1) is 6.92 Å². The van der Waals surface area contributed by atoms with E-state index in [1.165, 1.54) is 5.56 Å². The van der Waals surface area contributed by atoms with Crippen molar-refractivity contribution in [1.29, 1.82) is 0 Å². The molecule has 1 heterocycles. The second-order valence-electron chi connectivity index (χ2n) is 7.40.